The van der Waals surface area contributed by atoms with Crippen LogP contribution in [0, 0.1) is 0 Å². The smallest absolute Gasteiger partial charge is 0.172 e. The van der Waals surface area contributed by atoms with E-state index in [0.717, 1.165) is 70.2 Å². The van der Waals surface area contributed by atoms with E-state index in [9.17, 15) is 5.11 Å². The van der Waals surface area contributed by atoms with Crippen molar-refractivity contribution >= 4 is 11.5 Å². The number of ether oxygens (including phenoxy) is 1. The highest BCUT2D eigenvalue weighted by atomic mass is 16.5. The van der Waals surface area contributed by atoms with Gasteiger partial charge < -0.3 is 25.4 Å². The average Bonchev–Trinajstić information content (AvgIpc) is 2.80. The maximum atomic E-state index is 10.2. The van der Waals surface area contributed by atoms with Gasteiger partial charge in [0.05, 0.1) is 17.0 Å². The summed E-state index contributed by atoms with van der Waals surface area (Å²) in [5, 5.41) is 25.5. The molecule has 162 valence electrons. The lowest BCUT2D eigenvalue weighted by Gasteiger charge is -2.43. The molecule has 1 aromatic heterocycles. The van der Waals surface area contributed by atoms with Gasteiger partial charge in [0.15, 0.2) is 5.82 Å². The highest BCUT2D eigenvalue weighted by molar-refractivity contribution is 5.75. The van der Waals surface area contributed by atoms with Crippen LogP contribution in [-0.4, -0.2) is 85.8 Å². The van der Waals surface area contributed by atoms with Gasteiger partial charge in [0.1, 0.15) is 5.75 Å². The van der Waals surface area contributed by atoms with Crippen molar-refractivity contribution in [2.75, 3.05) is 70.2 Å². The summed E-state index contributed by atoms with van der Waals surface area (Å²) in [6, 6.07) is 9.27. The van der Waals surface area contributed by atoms with Gasteiger partial charge >= 0.3 is 0 Å². The summed E-state index contributed by atoms with van der Waals surface area (Å²) >= 11 is 0. The van der Waals surface area contributed by atoms with Crippen molar-refractivity contribution in [3.05, 3.63) is 30.3 Å². The monoisotopic (exact) mass is 412 g/mol. The minimum Gasteiger partial charge on any atom is -0.507 e. The second kappa shape index (κ2) is 9.16. The molecular formula is C22H32N6O2. The van der Waals surface area contributed by atoms with Crippen LogP contribution in [-0.2, 0) is 4.74 Å². The molecule has 0 radical (unpaired) electrons. The summed E-state index contributed by atoms with van der Waals surface area (Å²) in [6.07, 6.45) is 2.12. The zero-order valence-electron chi connectivity index (χ0n) is 17.9. The van der Waals surface area contributed by atoms with E-state index in [1.807, 2.05) is 38.4 Å². The van der Waals surface area contributed by atoms with Crippen molar-refractivity contribution in [2.24, 2.45) is 0 Å². The lowest BCUT2D eigenvalue weighted by Crippen LogP contribution is -2.55. The van der Waals surface area contributed by atoms with E-state index in [0.29, 0.717) is 11.3 Å². The van der Waals surface area contributed by atoms with Gasteiger partial charge in [0.25, 0.3) is 0 Å². The predicted octanol–water partition coefficient (Wildman–Crippen LogP) is 1.78. The number of methoxy groups -OCH3 is 1. The first-order chi connectivity index (χ1) is 14.6. The molecule has 0 aliphatic carbocycles. The maximum absolute atomic E-state index is 10.2. The number of rotatable bonds is 6. The number of phenolic OH excluding ortho intramolecular Hbond substituents is 1. The van der Waals surface area contributed by atoms with Gasteiger partial charge in [-0.3, -0.25) is 4.90 Å². The number of phenols is 1. The Bertz CT molecular complexity index is 847. The summed E-state index contributed by atoms with van der Waals surface area (Å²) in [4.78, 5) is 4.87. The fraction of sp³-hybridized carbons (Fsp3) is 0.545. The van der Waals surface area contributed by atoms with Crippen molar-refractivity contribution in [3.63, 3.8) is 0 Å². The number of para-hydroxylation sites is 1. The van der Waals surface area contributed by atoms with E-state index in [1.54, 1.807) is 6.07 Å². The minimum atomic E-state index is -0.0280. The number of benzene rings is 1. The van der Waals surface area contributed by atoms with Crippen LogP contribution in [0.15, 0.2) is 30.3 Å². The number of piperidine rings is 1. The van der Waals surface area contributed by atoms with Crippen molar-refractivity contribution < 1.29 is 9.84 Å². The molecule has 2 aliphatic heterocycles. The summed E-state index contributed by atoms with van der Waals surface area (Å²) < 4.78 is 5.96. The van der Waals surface area contributed by atoms with Crippen LogP contribution in [0.25, 0.3) is 11.3 Å². The summed E-state index contributed by atoms with van der Waals surface area (Å²) in [6.45, 7) is 6.83. The third-order valence-electron chi connectivity index (χ3n) is 6.36. The third-order valence-corrected chi connectivity index (χ3v) is 6.36. The van der Waals surface area contributed by atoms with Crippen LogP contribution in [0.2, 0.25) is 0 Å². The molecule has 1 aromatic carbocycles. The second-order valence-electron chi connectivity index (χ2n) is 8.13. The molecule has 0 unspecified atom stereocenters. The first-order valence-corrected chi connectivity index (χ1v) is 10.7. The van der Waals surface area contributed by atoms with Crippen LogP contribution in [0.4, 0.5) is 11.5 Å². The topological polar surface area (TPSA) is 85.8 Å². The second-order valence-corrected chi connectivity index (χ2v) is 8.13. The first-order valence-electron chi connectivity index (χ1n) is 10.7. The van der Waals surface area contributed by atoms with Crippen LogP contribution in [0.5, 0.6) is 5.75 Å². The fourth-order valence-electron chi connectivity index (χ4n) is 4.49. The molecule has 2 aliphatic rings. The average molecular weight is 413 g/mol. The molecule has 2 aromatic rings. The van der Waals surface area contributed by atoms with Crippen molar-refractivity contribution in [2.45, 2.75) is 18.4 Å². The van der Waals surface area contributed by atoms with Gasteiger partial charge in [-0.2, -0.15) is 0 Å². The van der Waals surface area contributed by atoms with Gasteiger partial charge in [-0.25, -0.2) is 0 Å². The molecule has 3 N–H and O–H groups in total. The number of hydrogen-bond acceptors (Lipinski definition) is 8. The van der Waals surface area contributed by atoms with Crippen molar-refractivity contribution in [1.82, 2.24) is 20.4 Å². The highest BCUT2D eigenvalue weighted by Gasteiger charge is 2.35. The van der Waals surface area contributed by atoms with Gasteiger partial charge in [-0.15, -0.1) is 10.2 Å². The van der Waals surface area contributed by atoms with Gasteiger partial charge in [-0.1, -0.05) is 12.1 Å². The van der Waals surface area contributed by atoms with Crippen LogP contribution in [0.1, 0.15) is 12.8 Å². The molecule has 0 bridgehead atoms. The van der Waals surface area contributed by atoms with E-state index in [2.05, 4.69) is 30.6 Å². The Hall–Kier alpha value is -2.42. The molecule has 4 rings (SSSR count). The molecule has 0 saturated carbocycles. The maximum Gasteiger partial charge on any atom is 0.172 e. The normalized spacial score (nSPS) is 19.6. The van der Waals surface area contributed by atoms with Crippen molar-refractivity contribution in [1.29, 1.82) is 0 Å². The Morgan fingerprint density at radius 2 is 1.87 bits per heavy atom. The minimum absolute atomic E-state index is 0.0280. The van der Waals surface area contributed by atoms with Crippen LogP contribution >= 0.6 is 0 Å². The molecule has 0 spiro atoms. The number of nitrogens with zero attached hydrogens (tertiary/aromatic N) is 4. The Morgan fingerprint density at radius 3 is 2.53 bits per heavy atom. The van der Waals surface area contributed by atoms with E-state index in [-0.39, 0.29) is 11.4 Å². The molecular weight excluding hydrogens is 380 g/mol. The summed E-state index contributed by atoms with van der Waals surface area (Å²) in [7, 11) is 3.72. The molecule has 0 amide bonds. The van der Waals surface area contributed by atoms with E-state index < -0.39 is 0 Å². The number of anilines is 2. The zero-order chi connectivity index (χ0) is 21.0. The highest BCUT2D eigenvalue weighted by Crippen LogP contribution is 2.33. The van der Waals surface area contributed by atoms with Gasteiger partial charge in [0, 0.05) is 52.4 Å². The largest absolute Gasteiger partial charge is 0.507 e. The molecule has 8 heteroatoms. The van der Waals surface area contributed by atoms with Crippen molar-refractivity contribution in [3.8, 4) is 17.0 Å². The molecule has 2 fully saturated rings. The van der Waals surface area contributed by atoms with E-state index >= 15 is 0 Å². The Morgan fingerprint density at radius 1 is 1.13 bits per heavy atom. The third kappa shape index (κ3) is 4.35. The predicted molar refractivity (Wildman–Crippen MR) is 119 cm³/mol. The molecule has 3 heterocycles. The number of aromatic nitrogens is 2. The number of nitrogens with one attached hydrogen (secondary N) is 2. The lowest BCUT2D eigenvalue weighted by atomic mass is 9.91. The SMILES string of the molecule is CNc1nnc(-c2ccccc2O)cc1N1CCN(CC2(OC)CCNCC2)CC1. The Labute approximate surface area is 178 Å². The molecule has 2 saturated heterocycles. The van der Waals surface area contributed by atoms with E-state index in [1.165, 1.54) is 0 Å². The summed E-state index contributed by atoms with van der Waals surface area (Å²) in [5.41, 5.74) is 2.37. The number of aromatic hydroxyl groups is 1. The van der Waals surface area contributed by atoms with Gasteiger partial charge in [0.2, 0.25) is 0 Å². The van der Waals surface area contributed by atoms with Crippen LogP contribution < -0.4 is 15.5 Å². The quantitative estimate of drug-likeness (QED) is 0.662. The standard InChI is InChI=1S/C22H32N6O2/c1-23-21-19(15-18(25-26-21)17-5-3-4-6-20(17)29)28-13-11-27(12-14-28)16-22(30-2)7-9-24-10-8-22/h3-6,15,24,29H,7-14,16H2,1-2H3,(H,23,26). The first kappa shape index (κ1) is 20.8. The lowest BCUT2D eigenvalue weighted by molar-refractivity contribution is -0.0578. The number of piperazine rings is 1. The van der Waals surface area contributed by atoms with Crippen LogP contribution in [0.3, 0.4) is 0 Å². The Balaban J connectivity index is 1.47. The zero-order valence-corrected chi connectivity index (χ0v) is 17.9. The Kier molecular flexibility index (Phi) is 6.36. The molecule has 8 nitrogen and oxygen atoms in total. The molecule has 0 atom stereocenters. The molecule has 30 heavy (non-hydrogen) atoms. The van der Waals surface area contributed by atoms with E-state index in [4.69, 9.17) is 4.74 Å². The fourth-order valence-corrected chi connectivity index (χ4v) is 4.49. The number of hydrogen-bond donors (Lipinski definition) is 3. The van der Waals surface area contributed by atoms with Gasteiger partial charge in [-0.05, 0) is 44.1 Å². The summed E-state index contributed by atoms with van der Waals surface area (Å²) in [5.74, 6) is 0.973.